The highest BCUT2D eigenvalue weighted by Gasteiger charge is 2.13. The van der Waals surface area contributed by atoms with E-state index in [1.165, 1.54) is 6.08 Å². The quantitative estimate of drug-likeness (QED) is 0.721. The zero-order valence-corrected chi connectivity index (χ0v) is 13.8. The van der Waals surface area contributed by atoms with E-state index in [0.717, 1.165) is 6.08 Å². The Bertz CT molecular complexity index is 513. The summed E-state index contributed by atoms with van der Waals surface area (Å²) in [6.07, 6.45) is 2.53. The predicted octanol–water partition coefficient (Wildman–Crippen LogP) is 3.36. The van der Waals surface area contributed by atoms with Gasteiger partial charge in [-0.25, -0.2) is 4.79 Å². The molecule has 1 unspecified atom stereocenters. The monoisotopic (exact) mass is 358 g/mol. The Balaban J connectivity index is 3.03. The van der Waals surface area contributed by atoms with Gasteiger partial charge in [0.15, 0.2) is 11.5 Å². The Hall–Kier alpha value is -1.53. The molecule has 6 heteroatoms. The van der Waals surface area contributed by atoms with Crippen LogP contribution in [0.3, 0.4) is 0 Å². The highest BCUT2D eigenvalue weighted by molar-refractivity contribution is 9.10. The van der Waals surface area contributed by atoms with E-state index in [1.807, 2.05) is 13.8 Å². The molecule has 1 N–H and O–H groups in total. The summed E-state index contributed by atoms with van der Waals surface area (Å²) in [4.78, 5) is 10.6. The molecule has 0 saturated heterocycles. The van der Waals surface area contributed by atoms with E-state index in [9.17, 15) is 4.79 Å². The smallest absolute Gasteiger partial charge is 0.328 e. The van der Waals surface area contributed by atoms with Crippen molar-refractivity contribution in [2.24, 2.45) is 0 Å². The van der Waals surface area contributed by atoms with Gasteiger partial charge in [-0.2, -0.15) is 0 Å². The van der Waals surface area contributed by atoms with Crippen molar-refractivity contribution in [3.05, 3.63) is 28.2 Å². The molecule has 0 spiro atoms. The van der Waals surface area contributed by atoms with Crippen LogP contribution in [0.15, 0.2) is 22.7 Å². The number of ether oxygens (including phenoxy) is 3. The van der Waals surface area contributed by atoms with E-state index in [4.69, 9.17) is 19.3 Å². The van der Waals surface area contributed by atoms with Crippen LogP contribution in [0.4, 0.5) is 0 Å². The fourth-order valence-corrected chi connectivity index (χ4v) is 2.10. The zero-order chi connectivity index (χ0) is 15.8. The fourth-order valence-electron chi connectivity index (χ4n) is 1.52. The first-order valence-electron chi connectivity index (χ1n) is 6.50. The van der Waals surface area contributed by atoms with Crippen molar-refractivity contribution in [1.29, 1.82) is 0 Å². The molecule has 1 atom stereocenters. The molecule has 0 radical (unpaired) electrons. The minimum atomic E-state index is -1.00. The van der Waals surface area contributed by atoms with Crippen molar-refractivity contribution in [2.45, 2.75) is 20.0 Å². The van der Waals surface area contributed by atoms with Crippen LogP contribution in [0.2, 0.25) is 0 Å². The van der Waals surface area contributed by atoms with Crippen molar-refractivity contribution in [2.75, 3.05) is 20.3 Å². The standard InChI is InChI=1S/C15H19BrO5/c1-4-20-13-8-11(5-6-14(17)18)7-12(16)15(13)21-9-10(2)19-3/h5-8,10H,4,9H2,1-3H3,(H,17,18)/b6-5+. The summed E-state index contributed by atoms with van der Waals surface area (Å²) in [5.74, 6) is 0.131. The second kappa shape index (κ2) is 8.69. The second-order valence-electron chi connectivity index (χ2n) is 4.29. The van der Waals surface area contributed by atoms with Gasteiger partial charge in [0.25, 0.3) is 0 Å². The summed E-state index contributed by atoms with van der Waals surface area (Å²) in [6, 6.07) is 3.51. The number of rotatable bonds is 8. The number of carbonyl (C=O) groups is 1. The molecule has 0 aliphatic rings. The average molecular weight is 359 g/mol. The largest absolute Gasteiger partial charge is 0.490 e. The third-order valence-corrected chi connectivity index (χ3v) is 3.20. The van der Waals surface area contributed by atoms with E-state index in [2.05, 4.69) is 15.9 Å². The molecule has 0 bridgehead atoms. The van der Waals surface area contributed by atoms with Crippen LogP contribution in [0.1, 0.15) is 19.4 Å². The third kappa shape index (κ3) is 5.77. The van der Waals surface area contributed by atoms with E-state index in [-0.39, 0.29) is 6.10 Å². The van der Waals surface area contributed by atoms with Crippen LogP contribution in [0.25, 0.3) is 6.08 Å². The number of methoxy groups -OCH3 is 1. The van der Waals surface area contributed by atoms with E-state index < -0.39 is 5.97 Å². The van der Waals surface area contributed by atoms with Gasteiger partial charge in [-0.1, -0.05) is 0 Å². The molecule has 0 aliphatic carbocycles. The SMILES string of the molecule is CCOc1cc(/C=C/C(=O)O)cc(Br)c1OCC(C)OC. The summed E-state index contributed by atoms with van der Waals surface area (Å²) >= 11 is 3.42. The molecule has 0 aliphatic heterocycles. The highest BCUT2D eigenvalue weighted by Crippen LogP contribution is 2.37. The maximum absolute atomic E-state index is 10.6. The van der Waals surface area contributed by atoms with Crippen molar-refractivity contribution < 1.29 is 24.1 Å². The molecular formula is C15H19BrO5. The lowest BCUT2D eigenvalue weighted by Crippen LogP contribution is -2.16. The van der Waals surface area contributed by atoms with E-state index in [1.54, 1.807) is 19.2 Å². The first-order chi connectivity index (χ1) is 9.97. The van der Waals surface area contributed by atoms with Crippen LogP contribution in [-0.4, -0.2) is 37.5 Å². The molecular weight excluding hydrogens is 340 g/mol. The fraction of sp³-hybridized carbons (Fsp3) is 0.400. The topological polar surface area (TPSA) is 65.0 Å². The maximum atomic E-state index is 10.6. The number of benzene rings is 1. The molecule has 1 aromatic carbocycles. The van der Waals surface area contributed by atoms with Gasteiger partial charge >= 0.3 is 5.97 Å². The lowest BCUT2D eigenvalue weighted by molar-refractivity contribution is -0.131. The molecule has 1 rings (SSSR count). The van der Waals surface area contributed by atoms with Crippen LogP contribution < -0.4 is 9.47 Å². The molecule has 116 valence electrons. The molecule has 0 amide bonds. The van der Waals surface area contributed by atoms with Crippen LogP contribution in [0.5, 0.6) is 11.5 Å². The van der Waals surface area contributed by atoms with Gasteiger partial charge in [0, 0.05) is 13.2 Å². The average Bonchev–Trinajstić information content (AvgIpc) is 2.44. The van der Waals surface area contributed by atoms with Crippen molar-refractivity contribution in [1.82, 2.24) is 0 Å². The van der Waals surface area contributed by atoms with Gasteiger partial charge in [0.1, 0.15) is 6.61 Å². The number of aliphatic carboxylic acids is 1. The summed E-state index contributed by atoms with van der Waals surface area (Å²) in [6.45, 7) is 4.64. The number of hydrogen-bond acceptors (Lipinski definition) is 4. The van der Waals surface area contributed by atoms with E-state index >= 15 is 0 Å². The minimum Gasteiger partial charge on any atom is -0.490 e. The third-order valence-electron chi connectivity index (χ3n) is 2.61. The van der Waals surface area contributed by atoms with Gasteiger partial charge < -0.3 is 19.3 Å². The molecule has 21 heavy (non-hydrogen) atoms. The van der Waals surface area contributed by atoms with E-state index in [0.29, 0.717) is 34.7 Å². The Morgan fingerprint density at radius 1 is 1.43 bits per heavy atom. The van der Waals surface area contributed by atoms with Gasteiger partial charge in [-0.05, 0) is 53.5 Å². The van der Waals surface area contributed by atoms with Gasteiger partial charge in [0.2, 0.25) is 0 Å². The maximum Gasteiger partial charge on any atom is 0.328 e. The molecule has 0 heterocycles. The summed E-state index contributed by atoms with van der Waals surface area (Å²) in [5.41, 5.74) is 0.708. The van der Waals surface area contributed by atoms with Crippen LogP contribution >= 0.6 is 15.9 Å². The number of carboxylic acid groups (broad SMARTS) is 1. The highest BCUT2D eigenvalue weighted by atomic mass is 79.9. The summed E-state index contributed by atoms with van der Waals surface area (Å²) < 4.78 is 17.1. The molecule has 0 saturated carbocycles. The Morgan fingerprint density at radius 2 is 2.14 bits per heavy atom. The zero-order valence-electron chi connectivity index (χ0n) is 12.3. The van der Waals surface area contributed by atoms with Crippen molar-refractivity contribution in [3.63, 3.8) is 0 Å². The number of hydrogen-bond donors (Lipinski definition) is 1. The predicted molar refractivity (Wildman–Crippen MR) is 83.9 cm³/mol. The normalized spacial score (nSPS) is 12.4. The molecule has 0 fully saturated rings. The Kier molecular flexibility index (Phi) is 7.25. The molecule has 0 aromatic heterocycles. The molecule has 5 nitrogen and oxygen atoms in total. The Morgan fingerprint density at radius 3 is 2.71 bits per heavy atom. The lowest BCUT2D eigenvalue weighted by atomic mass is 10.2. The summed E-state index contributed by atoms with van der Waals surface area (Å²) in [5, 5.41) is 8.68. The minimum absolute atomic E-state index is 0.0436. The van der Waals surface area contributed by atoms with Crippen molar-refractivity contribution in [3.8, 4) is 11.5 Å². The first-order valence-corrected chi connectivity index (χ1v) is 7.30. The number of carboxylic acids is 1. The van der Waals surface area contributed by atoms with Crippen LogP contribution in [-0.2, 0) is 9.53 Å². The van der Waals surface area contributed by atoms with Gasteiger partial charge in [-0.15, -0.1) is 0 Å². The van der Waals surface area contributed by atoms with Gasteiger partial charge in [-0.3, -0.25) is 0 Å². The number of halogens is 1. The Labute approximate surface area is 132 Å². The van der Waals surface area contributed by atoms with Crippen LogP contribution in [0, 0.1) is 0 Å². The molecule has 1 aromatic rings. The lowest BCUT2D eigenvalue weighted by Gasteiger charge is -2.16. The van der Waals surface area contributed by atoms with Gasteiger partial charge in [0.05, 0.1) is 17.2 Å². The van der Waals surface area contributed by atoms with Crippen molar-refractivity contribution >= 4 is 28.0 Å². The summed E-state index contributed by atoms with van der Waals surface area (Å²) in [7, 11) is 1.62. The second-order valence-corrected chi connectivity index (χ2v) is 5.15. The first kappa shape index (κ1) is 17.5.